The predicted molar refractivity (Wildman–Crippen MR) is 61.4 cm³/mol. The zero-order valence-electron chi connectivity index (χ0n) is 7.09. The molecule has 2 aromatic rings. The molecular weight excluding hydrogens is 281 g/mol. The third-order valence-corrected chi connectivity index (χ3v) is 3.81. The Bertz CT molecular complexity index is 633. The molecule has 0 saturated heterocycles. The van der Waals surface area contributed by atoms with Crippen molar-refractivity contribution >= 4 is 53.8 Å². The third-order valence-electron chi connectivity index (χ3n) is 1.93. The largest absolute Gasteiger partial charge is 0.359 e. The van der Waals surface area contributed by atoms with Crippen LogP contribution in [-0.2, 0) is 9.05 Å². The van der Waals surface area contributed by atoms with E-state index in [1.165, 1.54) is 18.3 Å². The van der Waals surface area contributed by atoms with Crippen LogP contribution in [0.2, 0.25) is 10.0 Å². The molecule has 0 atom stereocenters. The predicted octanol–water partition coefficient (Wildman–Crippen LogP) is 3.40. The molecule has 0 aliphatic carbocycles. The van der Waals surface area contributed by atoms with Crippen LogP contribution < -0.4 is 0 Å². The molecule has 0 spiro atoms. The van der Waals surface area contributed by atoms with Gasteiger partial charge in [0.2, 0.25) is 0 Å². The van der Waals surface area contributed by atoms with Crippen molar-refractivity contribution in [1.29, 1.82) is 0 Å². The second-order valence-corrected chi connectivity index (χ2v) is 6.28. The Balaban J connectivity index is 2.92. The van der Waals surface area contributed by atoms with Crippen molar-refractivity contribution in [3.63, 3.8) is 0 Å². The lowest BCUT2D eigenvalue weighted by atomic mass is 10.2. The van der Waals surface area contributed by atoms with Crippen molar-refractivity contribution in [2.75, 3.05) is 0 Å². The van der Waals surface area contributed by atoms with Crippen molar-refractivity contribution in [3.8, 4) is 0 Å². The molecule has 80 valence electrons. The van der Waals surface area contributed by atoms with Crippen LogP contribution >= 0.6 is 33.9 Å². The van der Waals surface area contributed by atoms with E-state index in [0.717, 1.165) is 0 Å². The van der Waals surface area contributed by atoms with E-state index < -0.39 is 9.05 Å². The minimum absolute atomic E-state index is 0.0245. The van der Waals surface area contributed by atoms with Gasteiger partial charge in [0, 0.05) is 27.3 Å². The summed E-state index contributed by atoms with van der Waals surface area (Å²) >= 11 is 11.6. The Morgan fingerprint density at radius 3 is 2.47 bits per heavy atom. The van der Waals surface area contributed by atoms with Crippen molar-refractivity contribution < 1.29 is 8.42 Å². The Morgan fingerprint density at radius 1 is 1.20 bits per heavy atom. The minimum atomic E-state index is -3.80. The lowest BCUT2D eigenvalue weighted by Gasteiger charge is -1.97. The smallest absolute Gasteiger partial charge is 0.263 e. The molecule has 0 unspecified atom stereocenters. The van der Waals surface area contributed by atoms with Crippen LogP contribution in [0.3, 0.4) is 0 Å². The van der Waals surface area contributed by atoms with Gasteiger partial charge in [-0.1, -0.05) is 23.2 Å². The monoisotopic (exact) mass is 283 g/mol. The second kappa shape index (κ2) is 3.56. The summed E-state index contributed by atoms with van der Waals surface area (Å²) in [4.78, 5) is 2.71. The number of halogens is 3. The minimum Gasteiger partial charge on any atom is -0.359 e. The van der Waals surface area contributed by atoms with E-state index in [0.29, 0.717) is 20.9 Å². The van der Waals surface area contributed by atoms with Crippen LogP contribution in [0.4, 0.5) is 0 Å². The first-order chi connectivity index (χ1) is 6.89. The standard InChI is InChI=1S/C8H4Cl3NO2S/c9-4-1-5-7(15(11,13)14)3-12-8(5)6(10)2-4/h1-3,12H. The Kier molecular flexibility index (Phi) is 2.63. The number of H-pyrrole nitrogens is 1. The number of hydrogen-bond donors (Lipinski definition) is 1. The Morgan fingerprint density at radius 2 is 1.87 bits per heavy atom. The normalized spacial score (nSPS) is 12.2. The van der Waals surface area contributed by atoms with E-state index in [4.69, 9.17) is 33.9 Å². The molecule has 1 aromatic heterocycles. The van der Waals surface area contributed by atoms with Crippen LogP contribution in [-0.4, -0.2) is 13.4 Å². The first-order valence-electron chi connectivity index (χ1n) is 3.80. The molecule has 0 bridgehead atoms. The van der Waals surface area contributed by atoms with Crippen LogP contribution in [0.5, 0.6) is 0 Å². The summed E-state index contributed by atoms with van der Waals surface area (Å²) in [5.41, 5.74) is 0.500. The molecule has 0 saturated carbocycles. The highest BCUT2D eigenvalue weighted by Crippen LogP contribution is 2.32. The third kappa shape index (κ3) is 1.95. The van der Waals surface area contributed by atoms with E-state index in [2.05, 4.69) is 4.98 Å². The molecule has 1 N–H and O–H groups in total. The average Bonchev–Trinajstić information content (AvgIpc) is 2.45. The van der Waals surface area contributed by atoms with Gasteiger partial charge >= 0.3 is 0 Å². The van der Waals surface area contributed by atoms with Gasteiger partial charge in [0.25, 0.3) is 9.05 Å². The maximum atomic E-state index is 11.2. The molecule has 2 rings (SSSR count). The van der Waals surface area contributed by atoms with Crippen molar-refractivity contribution in [2.45, 2.75) is 4.90 Å². The fraction of sp³-hybridized carbons (Fsp3) is 0. The summed E-state index contributed by atoms with van der Waals surface area (Å²) in [7, 11) is 1.45. The summed E-state index contributed by atoms with van der Waals surface area (Å²) in [5.74, 6) is 0. The highest BCUT2D eigenvalue weighted by Gasteiger charge is 2.17. The van der Waals surface area contributed by atoms with Crippen LogP contribution in [0, 0.1) is 0 Å². The fourth-order valence-electron chi connectivity index (χ4n) is 1.33. The quantitative estimate of drug-likeness (QED) is 0.816. The molecule has 0 aliphatic rings. The van der Waals surface area contributed by atoms with Gasteiger partial charge in [0.05, 0.1) is 10.5 Å². The Labute approximate surface area is 100 Å². The number of nitrogens with one attached hydrogen (secondary N) is 1. The lowest BCUT2D eigenvalue weighted by Crippen LogP contribution is -1.87. The molecule has 1 heterocycles. The molecule has 0 amide bonds. The first-order valence-corrected chi connectivity index (χ1v) is 6.87. The molecule has 0 fully saturated rings. The van der Waals surface area contributed by atoms with Crippen LogP contribution in [0.15, 0.2) is 23.2 Å². The maximum absolute atomic E-state index is 11.2. The van der Waals surface area contributed by atoms with Crippen molar-refractivity contribution in [3.05, 3.63) is 28.4 Å². The summed E-state index contributed by atoms with van der Waals surface area (Å²) < 4.78 is 22.4. The molecule has 3 nitrogen and oxygen atoms in total. The number of hydrogen-bond acceptors (Lipinski definition) is 2. The van der Waals surface area contributed by atoms with Gasteiger partial charge in [-0.25, -0.2) is 8.42 Å². The second-order valence-electron chi connectivity index (χ2n) is 2.90. The van der Waals surface area contributed by atoms with Gasteiger partial charge in [-0.05, 0) is 12.1 Å². The number of fused-ring (bicyclic) bond motifs is 1. The molecule has 0 aliphatic heterocycles. The van der Waals surface area contributed by atoms with E-state index >= 15 is 0 Å². The highest BCUT2D eigenvalue weighted by atomic mass is 35.7. The summed E-state index contributed by atoms with van der Waals surface area (Å²) in [6.45, 7) is 0. The average molecular weight is 285 g/mol. The van der Waals surface area contributed by atoms with E-state index in [9.17, 15) is 8.42 Å². The van der Waals surface area contributed by atoms with Crippen molar-refractivity contribution in [1.82, 2.24) is 4.98 Å². The van der Waals surface area contributed by atoms with Gasteiger partial charge in [0.1, 0.15) is 4.90 Å². The molecule has 0 radical (unpaired) electrons. The van der Waals surface area contributed by atoms with Gasteiger partial charge < -0.3 is 4.98 Å². The lowest BCUT2D eigenvalue weighted by molar-refractivity contribution is 0.610. The number of aromatic amines is 1. The zero-order chi connectivity index (χ0) is 11.2. The van der Waals surface area contributed by atoms with Gasteiger partial charge in [-0.15, -0.1) is 0 Å². The first kappa shape index (κ1) is 11.1. The number of rotatable bonds is 1. The van der Waals surface area contributed by atoms with E-state index in [1.807, 2.05) is 0 Å². The number of benzene rings is 1. The molecule has 1 aromatic carbocycles. The maximum Gasteiger partial charge on any atom is 0.263 e. The topological polar surface area (TPSA) is 49.9 Å². The van der Waals surface area contributed by atoms with Gasteiger partial charge in [0.15, 0.2) is 0 Å². The zero-order valence-corrected chi connectivity index (χ0v) is 10.2. The van der Waals surface area contributed by atoms with E-state index in [-0.39, 0.29) is 4.90 Å². The Hall–Kier alpha value is -0.420. The van der Waals surface area contributed by atoms with E-state index in [1.54, 1.807) is 0 Å². The summed E-state index contributed by atoms with van der Waals surface area (Å²) in [6.07, 6.45) is 1.29. The molecule has 7 heteroatoms. The molecule has 15 heavy (non-hydrogen) atoms. The van der Waals surface area contributed by atoms with Crippen LogP contribution in [0.1, 0.15) is 0 Å². The van der Waals surface area contributed by atoms with Crippen molar-refractivity contribution in [2.24, 2.45) is 0 Å². The highest BCUT2D eigenvalue weighted by molar-refractivity contribution is 8.14. The summed E-state index contributed by atoms with van der Waals surface area (Å²) in [6, 6.07) is 3.01. The fourth-order valence-corrected chi connectivity index (χ4v) is 2.89. The van der Waals surface area contributed by atoms with Gasteiger partial charge in [-0.2, -0.15) is 0 Å². The van der Waals surface area contributed by atoms with Crippen LogP contribution in [0.25, 0.3) is 10.9 Å². The SMILES string of the molecule is O=S(=O)(Cl)c1c[nH]c2c(Cl)cc(Cl)cc12. The number of aromatic nitrogens is 1. The summed E-state index contributed by atoms with van der Waals surface area (Å²) in [5, 5.41) is 1.10. The molecular formula is C8H4Cl3NO2S. The van der Waals surface area contributed by atoms with Gasteiger partial charge in [-0.3, -0.25) is 0 Å².